The highest BCUT2D eigenvalue weighted by molar-refractivity contribution is 5.84. The molecule has 1 saturated heterocycles. The first kappa shape index (κ1) is 14.5. The molecule has 4 N–H and O–H groups in total. The van der Waals surface area contributed by atoms with Crippen molar-refractivity contribution in [1.82, 2.24) is 4.90 Å². The fourth-order valence-corrected chi connectivity index (χ4v) is 3.93. The molecule has 2 aliphatic rings. The molecule has 4 heteroatoms. The van der Waals surface area contributed by atoms with Crippen molar-refractivity contribution in [2.24, 2.45) is 11.5 Å². The summed E-state index contributed by atoms with van der Waals surface area (Å²) in [6, 6.07) is 11.1. The Balaban J connectivity index is 1.65. The van der Waals surface area contributed by atoms with Crippen LogP contribution in [0.5, 0.6) is 0 Å². The van der Waals surface area contributed by atoms with Crippen LogP contribution in [0.15, 0.2) is 30.3 Å². The Hall–Kier alpha value is -1.39. The quantitative estimate of drug-likeness (QED) is 0.887. The van der Waals surface area contributed by atoms with Gasteiger partial charge in [-0.2, -0.15) is 0 Å². The van der Waals surface area contributed by atoms with Crippen molar-refractivity contribution in [1.29, 1.82) is 0 Å². The lowest BCUT2D eigenvalue weighted by atomic mass is 9.78. The van der Waals surface area contributed by atoms with E-state index in [1.54, 1.807) is 0 Å². The Labute approximate surface area is 126 Å². The predicted molar refractivity (Wildman–Crippen MR) is 83.7 cm³/mol. The first-order chi connectivity index (χ1) is 10.1. The van der Waals surface area contributed by atoms with E-state index in [-0.39, 0.29) is 5.91 Å². The van der Waals surface area contributed by atoms with Crippen LogP contribution in [0.1, 0.15) is 43.6 Å². The Morgan fingerprint density at radius 3 is 2.71 bits per heavy atom. The highest BCUT2D eigenvalue weighted by Crippen LogP contribution is 2.35. The topological polar surface area (TPSA) is 72.3 Å². The summed E-state index contributed by atoms with van der Waals surface area (Å²) < 4.78 is 0. The summed E-state index contributed by atoms with van der Waals surface area (Å²) in [5.41, 5.74) is 12.3. The number of hydrogen-bond acceptors (Lipinski definition) is 3. The monoisotopic (exact) mass is 287 g/mol. The second kappa shape index (κ2) is 5.78. The first-order valence-corrected chi connectivity index (χ1v) is 7.96. The molecule has 21 heavy (non-hydrogen) atoms. The maximum Gasteiger partial charge on any atom is 0.237 e. The van der Waals surface area contributed by atoms with E-state index in [2.05, 4.69) is 35.2 Å². The van der Waals surface area contributed by atoms with Gasteiger partial charge in [-0.15, -0.1) is 0 Å². The minimum Gasteiger partial charge on any atom is -0.368 e. The highest BCUT2D eigenvalue weighted by atomic mass is 16.1. The van der Waals surface area contributed by atoms with Crippen LogP contribution in [-0.2, 0) is 4.79 Å². The van der Waals surface area contributed by atoms with Crippen LogP contribution >= 0.6 is 0 Å². The van der Waals surface area contributed by atoms with E-state index in [4.69, 9.17) is 11.5 Å². The van der Waals surface area contributed by atoms with Crippen molar-refractivity contribution in [2.75, 3.05) is 13.1 Å². The molecule has 1 aromatic rings. The fourth-order valence-electron chi connectivity index (χ4n) is 3.93. The average Bonchev–Trinajstić information content (AvgIpc) is 2.98. The van der Waals surface area contributed by atoms with Gasteiger partial charge in [-0.3, -0.25) is 9.69 Å². The zero-order valence-corrected chi connectivity index (χ0v) is 12.5. The Morgan fingerprint density at radius 1 is 1.24 bits per heavy atom. The van der Waals surface area contributed by atoms with Gasteiger partial charge in [0.25, 0.3) is 0 Å². The Morgan fingerprint density at radius 2 is 2.00 bits per heavy atom. The second-order valence-corrected chi connectivity index (χ2v) is 6.66. The summed E-state index contributed by atoms with van der Waals surface area (Å²) in [5.74, 6) is 0.264. The summed E-state index contributed by atoms with van der Waals surface area (Å²) in [6.07, 6.45) is 4.76. The number of nitrogens with two attached hydrogens (primary N) is 2. The minimum absolute atomic E-state index is 0.342. The van der Waals surface area contributed by atoms with E-state index in [9.17, 15) is 4.79 Å². The molecule has 114 valence electrons. The van der Waals surface area contributed by atoms with Gasteiger partial charge in [0.1, 0.15) is 0 Å². The van der Waals surface area contributed by atoms with Crippen molar-refractivity contribution in [2.45, 2.75) is 49.6 Å². The smallest absolute Gasteiger partial charge is 0.237 e. The van der Waals surface area contributed by atoms with E-state index < -0.39 is 5.54 Å². The molecule has 1 aliphatic carbocycles. The molecule has 1 aliphatic heterocycles. The molecule has 3 rings (SSSR count). The summed E-state index contributed by atoms with van der Waals surface area (Å²) >= 11 is 0. The number of benzene rings is 1. The van der Waals surface area contributed by atoms with E-state index in [1.165, 1.54) is 12.0 Å². The first-order valence-electron chi connectivity index (χ1n) is 7.96. The van der Waals surface area contributed by atoms with Crippen molar-refractivity contribution in [3.05, 3.63) is 35.9 Å². The second-order valence-electron chi connectivity index (χ2n) is 6.66. The van der Waals surface area contributed by atoms with Gasteiger partial charge in [0.2, 0.25) is 5.91 Å². The molecule has 1 saturated carbocycles. The number of primary amides is 1. The molecule has 1 aromatic carbocycles. The van der Waals surface area contributed by atoms with Crippen LogP contribution in [-0.4, -0.2) is 35.5 Å². The predicted octanol–water partition coefficient (Wildman–Crippen LogP) is 1.60. The maximum atomic E-state index is 11.6. The summed E-state index contributed by atoms with van der Waals surface area (Å²) in [5, 5.41) is 0. The summed E-state index contributed by atoms with van der Waals surface area (Å²) in [4.78, 5) is 14.1. The molecule has 0 aromatic heterocycles. The van der Waals surface area contributed by atoms with Gasteiger partial charge in [-0.1, -0.05) is 30.3 Å². The minimum atomic E-state index is -0.798. The Bertz CT molecular complexity index is 504. The highest BCUT2D eigenvalue weighted by Gasteiger charge is 2.41. The van der Waals surface area contributed by atoms with E-state index in [0.717, 1.165) is 32.4 Å². The molecule has 3 atom stereocenters. The molecule has 3 unspecified atom stereocenters. The number of nitrogens with zero attached hydrogens (tertiary/aromatic N) is 1. The van der Waals surface area contributed by atoms with Gasteiger partial charge in [-0.25, -0.2) is 0 Å². The van der Waals surface area contributed by atoms with Crippen LogP contribution in [0.4, 0.5) is 0 Å². The molecular weight excluding hydrogens is 262 g/mol. The number of amides is 1. The van der Waals surface area contributed by atoms with Gasteiger partial charge < -0.3 is 11.5 Å². The van der Waals surface area contributed by atoms with Gasteiger partial charge in [0, 0.05) is 12.6 Å². The van der Waals surface area contributed by atoms with Gasteiger partial charge in [0.15, 0.2) is 0 Å². The molecule has 0 radical (unpaired) electrons. The summed E-state index contributed by atoms with van der Waals surface area (Å²) in [6.45, 7) is 2.17. The third-order valence-corrected chi connectivity index (χ3v) is 5.26. The van der Waals surface area contributed by atoms with Crippen LogP contribution < -0.4 is 11.5 Å². The van der Waals surface area contributed by atoms with Crippen LogP contribution in [0.3, 0.4) is 0 Å². The molecule has 0 spiro atoms. The normalized spacial score (nSPS) is 34.0. The molecular formula is C17H25N3O. The number of hydrogen-bond donors (Lipinski definition) is 2. The van der Waals surface area contributed by atoms with Gasteiger partial charge in [0.05, 0.1) is 5.54 Å². The lowest BCUT2D eigenvalue weighted by molar-refractivity contribution is -0.125. The molecule has 2 fully saturated rings. The lowest BCUT2D eigenvalue weighted by Crippen LogP contribution is -2.58. The third-order valence-electron chi connectivity index (χ3n) is 5.26. The van der Waals surface area contributed by atoms with E-state index >= 15 is 0 Å². The SMILES string of the molecule is NC(=O)C1(N)CCCC(N2CCC(c3ccccc3)C2)C1. The molecule has 4 nitrogen and oxygen atoms in total. The summed E-state index contributed by atoms with van der Waals surface area (Å²) in [7, 11) is 0. The standard InChI is InChI=1S/C17H25N3O/c18-16(21)17(19)9-4-7-15(11-17)20-10-8-14(12-20)13-5-2-1-3-6-13/h1-3,5-6,14-15H,4,7-12,19H2,(H2,18,21). The largest absolute Gasteiger partial charge is 0.368 e. The van der Waals surface area contributed by atoms with E-state index in [1.807, 2.05) is 0 Å². The maximum absolute atomic E-state index is 11.6. The van der Waals surface area contributed by atoms with Crippen LogP contribution in [0.2, 0.25) is 0 Å². The van der Waals surface area contributed by atoms with Crippen molar-refractivity contribution < 1.29 is 4.79 Å². The van der Waals surface area contributed by atoms with Crippen molar-refractivity contribution >= 4 is 5.91 Å². The fraction of sp³-hybridized carbons (Fsp3) is 0.588. The number of rotatable bonds is 3. The zero-order valence-electron chi connectivity index (χ0n) is 12.5. The van der Waals surface area contributed by atoms with Crippen LogP contribution in [0, 0.1) is 0 Å². The number of carbonyl (C=O) groups is 1. The Kier molecular flexibility index (Phi) is 4.00. The molecule has 0 bridgehead atoms. The van der Waals surface area contributed by atoms with Crippen molar-refractivity contribution in [3.63, 3.8) is 0 Å². The lowest BCUT2D eigenvalue weighted by Gasteiger charge is -2.39. The molecule has 1 heterocycles. The third kappa shape index (κ3) is 2.97. The van der Waals surface area contributed by atoms with Crippen molar-refractivity contribution in [3.8, 4) is 0 Å². The van der Waals surface area contributed by atoms with Crippen LogP contribution in [0.25, 0.3) is 0 Å². The number of carbonyl (C=O) groups excluding carboxylic acids is 1. The zero-order chi connectivity index (χ0) is 14.9. The van der Waals surface area contributed by atoms with E-state index in [0.29, 0.717) is 18.4 Å². The van der Waals surface area contributed by atoms with Gasteiger partial charge >= 0.3 is 0 Å². The number of likely N-dealkylation sites (tertiary alicyclic amines) is 1. The molecule has 1 amide bonds. The van der Waals surface area contributed by atoms with Gasteiger partial charge in [-0.05, 0) is 50.1 Å². The average molecular weight is 287 g/mol.